The van der Waals surface area contributed by atoms with E-state index in [9.17, 15) is 22.2 Å². The quantitative estimate of drug-likeness (QED) is 0.425. The number of halogens is 3. The lowest BCUT2D eigenvalue weighted by Gasteiger charge is -2.38. The summed E-state index contributed by atoms with van der Waals surface area (Å²) in [5, 5.41) is 0. The topological polar surface area (TPSA) is 81.4 Å². The van der Waals surface area contributed by atoms with Crippen molar-refractivity contribution in [3.63, 3.8) is 0 Å². The van der Waals surface area contributed by atoms with Crippen LogP contribution in [-0.2, 0) is 26.2 Å². The average molecular weight is 392 g/mol. The largest absolute Gasteiger partial charge is 0.463 e. The Kier molecular flexibility index (Phi) is 7.15. The summed E-state index contributed by atoms with van der Waals surface area (Å²) >= 11 is 0. The minimum Gasteiger partial charge on any atom is -0.463 e. The highest BCUT2D eigenvalue weighted by Crippen LogP contribution is 2.37. The molecule has 1 aromatic rings. The Morgan fingerprint density at radius 1 is 1.31 bits per heavy atom. The molecule has 0 bridgehead atoms. The molecule has 146 valence electrons. The van der Waals surface area contributed by atoms with Gasteiger partial charge in [0.15, 0.2) is 5.66 Å². The molecule has 0 radical (unpaired) electrons. The summed E-state index contributed by atoms with van der Waals surface area (Å²) in [6.45, 7) is 6.16. The number of nitrogens with one attached hydrogen (secondary N) is 1. The minimum absolute atomic E-state index is 0.00210. The molecule has 0 aliphatic heterocycles. The molecule has 26 heavy (non-hydrogen) atoms. The molecule has 1 rings (SSSR count). The zero-order chi connectivity index (χ0) is 20.2. The Hall–Kier alpha value is -1.71. The Bertz CT molecular complexity index is 705. The van der Waals surface area contributed by atoms with Crippen LogP contribution in [0.2, 0.25) is 0 Å². The van der Waals surface area contributed by atoms with E-state index in [1.54, 1.807) is 20.8 Å². The zero-order valence-corrected chi connectivity index (χ0v) is 15.8. The van der Waals surface area contributed by atoms with E-state index >= 15 is 0 Å². The molecule has 0 unspecified atom stereocenters. The highest BCUT2D eigenvalue weighted by atomic mass is 32.2. The second-order valence-corrected chi connectivity index (χ2v) is 8.45. The molecule has 3 N–H and O–H groups in total. The normalized spacial score (nSPS) is 16.3. The molecule has 0 fully saturated rings. The molecule has 0 aliphatic carbocycles. The molecule has 1 aromatic carbocycles. The second-order valence-electron chi connectivity index (χ2n) is 6.48. The minimum atomic E-state index is -3.97. The monoisotopic (exact) mass is 392 g/mol. The van der Waals surface area contributed by atoms with Crippen molar-refractivity contribution >= 4 is 17.0 Å². The molecule has 5 nitrogen and oxygen atoms in total. The maximum atomic E-state index is 14.9. The summed E-state index contributed by atoms with van der Waals surface area (Å²) in [5.41, 5.74) is 2.41. The Balaban J connectivity index is 3.42. The Morgan fingerprint density at radius 3 is 2.38 bits per heavy atom. The molecular weight excluding hydrogens is 369 g/mol. The summed E-state index contributed by atoms with van der Waals surface area (Å²) in [4.78, 5) is 11.4. The molecule has 0 saturated heterocycles. The number of hydrogen-bond acceptors (Lipinski definition) is 4. The number of nitrogens with two attached hydrogens (primary N) is 1. The smallest absolute Gasteiger partial charge is 0.330 e. The van der Waals surface area contributed by atoms with Crippen molar-refractivity contribution < 1.29 is 26.9 Å². The lowest BCUT2D eigenvalue weighted by molar-refractivity contribution is -0.137. The first-order valence-corrected chi connectivity index (χ1v) is 8.97. The maximum Gasteiger partial charge on any atom is 0.330 e. The van der Waals surface area contributed by atoms with Crippen LogP contribution in [0.4, 0.5) is 13.2 Å². The van der Waals surface area contributed by atoms with Crippen LogP contribution in [0.1, 0.15) is 33.3 Å². The number of hydrogen-bond donors (Lipinski definition) is 2. The van der Waals surface area contributed by atoms with Gasteiger partial charge in [-0.05, 0) is 39.8 Å². The van der Waals surface area contributed by atoms with Crippen LogP contribution < -0.4 is 10.5 Å². The third-order valence-corrected chi connectivity index (χ3v) is 4.97. The number of rotatable bonds is 7. The van der Waals surface area contributed by atoms with Crippen LogP contribution in [-0.4, -0.2) is 27.5 Å². The van der Waals surface area contributed by atoms with Crippen molar-refractivity contribution in [3.05, 3.63) is 47.8 Å². The second kappa shape index (κ2) is 8.32. The maximum absolute atomic E-state index is 14.9. The Morgan fingerprint density at radius 2 is 1.88 bits per heavy atom. The number of carbonyl (C=O) groups excluding carboxylic acids is 1. The standard InChI is InChI=1S/C17H23F3N2O3S/c1-5-25-14(23)10-11-16(19,20)17(21,22-26(24)15(2,3)4)12-8-6-7-9-13(12)18/h6-11,22H,5,21H2,1-4H3/b11-10+/t17-,26-/m1/s1. The molecule has 9 heteroatoms. The number of esters is 1. The van der Waals surface area contributed by atoms with Gasteiger partial charge in [-0.15, -0.1) is 0 Å². The fraction of sp³-hybridized carbons (Fsp3) is 0.471. The van der Waals surface area contributed by atoms with Crippen LogP contribution in [0.5, 0.6) is 0 Å². The number of alkyl halides is 2. The third kappa shape index (κ3) is 5.15. The van der Waals surface area contributed by atoms with Gasteiger partial charge in [0.25, 0.3) is 0 Å². The molecule has 0 aliphatic rings. The van der Waals surface area contributed by atoms with E-state index in [0.29, 0.717) is 6.08 Å². The zero-order valence-electron chi connectivity index (χ0n) is 15.0. The lowest BCUT2D eigenvalue weighted by Crippen LogP contribution is -2.64. The summed E-state index contributed by atoms with van der Waals surface area (Å²) in [5.74, 6) is -5.97. The molecule has 0 amide bonds. The predicted octanol–water partition coefficient (Wildman–Crippen LogP) is 2.74. The van der Waals surface area contributed by atoms with Gasteiger partial charge >= 0.3 is 11.9 Å². The third-order valence-electron chi connectivity index (χ3n) is 3.35. The number of carbonyl (C=O) groups is 1. The van der Waals surface area contributed by atoms with E-state index in [1.807, 2.05) is 0 Å². The van der Waals surface area contributed by atoms with Gasteiger partial charge in [0.2, 0.25) is 0 Å². The van der Waals surface area contributed by atoms with Gasteiger partial charge in [0, 0.05) is 11.6 Å². The first kappa shape index (κ1) is 22.3. The van der Waals surface area contributed by atoms with E-state index in [1.165, 1.54) is 19.1 Å². The van der Waals surface area contributed by atoms with E-state index in [0.717, 1.165) is 12.1 Å². The van der Waals surface area contributed by atoms with Gasteiger partial charge in [-0.25, -0.2) is 18.1 Å². The molecule has 0 saturated carbocycles. The highest BCUT2D eigenvalue weighted by molar-refractivity contribution is 7.84. The average Bonchev–Trinajstić information content (AvgIpc) is 2.52. The van der Waals surface area contributed by atoms with Crippen molar-refractivity contribution in [1.29, 1.82) is 0 Å². The van der Waals surface area contributed by atoms with Gasteiger partial charge < -0.3 is 10.5 Å². The van der Waals surface area contributed by atoms with E-state index in [4.69, 9.17) is 5.73 Å². The van der Waals surface area contributed by atoms with Crippen LogP contribution in [0.15, 0.2) is 36.4 Å². The summed E-state index contributed by atoms with van der Waals surface area (Å²) in [6, 6.07) is 4.66. The van der Waals surface area contributed by atoms with Crippen LogP contribution in [0.3, 0.4) is 0 Å². The van der Waals surface area contributed by atoms with Crippen molar-refractivity contribution in [2.45, 2.75) is 44.0 Å². The van der Waals surface area contributed by atoms with Crippen molar-refractivity contribution in [2.75, 3.05) is 6.61 Å². The van der Waals surface area contributed by atoms with Crippen LogP contribution >= 0.6 is 0 Å². The fourth-order valence-electron chi connectivity index (χ4n) is 1.88. The molecule has 2 atom stereocenters. The molecule has 0 aromatic heterocycles. The van der Waals surface area contributed by atoms with Gasteiger partial charge in [-0.2, -0.15) is 8.78 Å². The van der Waals surface area contributed by atoms with Crippen LogP contribution in [0.25, 0.3) is 0 Å². The van der Waals surface area contributed by atoms with Crippen molar-refractivity contribution in [3.8, 4) is 0 Å². The summed E-state index contributed by atoms with van der Waals surface area (Å²) in [6.07, 6.45) is 0.720. The number of ether oxygens (including phenoxy) is 1. The molecular formula is C17H23F3N2O3S. The van der Waals surface area contributed by atoms with Crippen molar-refractivity contribution in [2.24, 2.45) is 5.73 Å². The van der Waals surface area contributed by atoms with Gasteiger partial charge in [0.1, 0.15) is 5.82 Å². The van der Waals surface area contributed by atoms with Gasteiger partial charge in [-0.1, -0.05) is 18.2 Å². The van der Waals surface area contributed by atoms with Crippen LogP contribution in [0, 0.1) is 5.82 Å². The van der Waals surface area contributed by atoms with Gasteiger partial charge in [-0.3, -0.25) is 0 Å². The van der Waals surface area contributed by atoms with Crippen molar-refractivity contribution in [1.82, 2.24) is 4.72 Å². The summed E-state index contributed by atoms with van der Waals surface area (Å²) in [7, 11) is -2.05. The predicted molar refractivity (Wildman–Crippen MR) is 94.0 cm³/mol. The lowest BCUT2D eigenvalue weighted by atomic mass is 9.93. The highest BCUT2D eigenvalue weighted by Gasteiger charge is 2.53. The SMILES string of the molecule is CCOC(=O)/C=C/C(F)(F)[C@](N)(N[S@](=O)C(C)(C)C)c1ccccc1F. The number of benzene rings is 1. The van der Waals surface area contributed by atoms with E-state index in [2.05, 4.69) is 9.46 Å². The van der Waals surface area contributed by atoms with E-state index in [-0.39, 0.29) is 12.7 Å². The first-order valence-electron chi connectivity index (χ1n) is 7.82. The summed E-state index contributed by atoms with van der Waals surface area (Å²) < 4.78 is 62.2. The molecule has 0 heterocycles. The van der Waals surface area contributed by atoms with Gasteiger partial charge in [0.05, 0.1) is 22.3 Å². The first-order chi connectivity index (χ1) is 11.8. The Labute approximate surface area is 153 Å². The van der Waals surface area contributed by atoms with E-state index < -0.39 is 44.7 Å². The fourth-order valence-corrected chi connectivity index (χ4v) is 2.72. The molecule has 0 spiro atoms.